The van der Waals surface area contributed by atoms with E-state index in [4.69, 9.17) is 9.15 Å². The van der Waals surface area contributed by atoms with Crippen molar-refractivity contribution in [3.8, 4) is 0 Å². The van der Waals surface area contributed by atoms with Gasteiger partial charge in [0.25, 0.3) is 5.91 Å². The lowest BCUT2D eigenvalue weighted by Crippen LogP contribution is -2.15. The summed E-state index contributed by atoms with van der Waals surface area (Å²) < 4.78 is 9.92. The monoisotopic (exact) mass is 364 g/mol. The summed E-state index contributed by atoms with van der Waals surface area (Å²) in [6.45, 7) is 2.03. The molecule has 25 heavy (non-hydrogen) atoms. The van der Waals surface area contributed by atoms with E-state index in [9.17, 15) is 14.4 Å². The van der Waals surface area contributed by atoms with Crippen molar-refractivity contribution in [1.82, 2.24) is 9.97 Å². The molecule has 10 heteroatoms. The van der Waals surface area contributed by atoms with Crippen molar-refractivity contribution in [3.63, 3.8) is 0 Å². The van der Waals surface area contributed by atoms with Crippen LogP contribution in [0.1, 0.15) is 35.9 Å². The second-order valence-corrected chi connectivity index (χ2v) is 6.24. The van der Waals surface area contributed by atoms with Gasteiger partial charge < -0.3 is 9.15 Å². The lowest BCUT2D eigenvalue weighted by atomic mass is 10.3. The van der Waals surface area contributed by atoms with Gasteiger partial charge in [-0.15, -0.1) is 11.3 Å². The van der Waals surface area contributed by atoms with Gasteiger partial charge in [0.15, 0.2) is 10.8 Å². The van der Waals surface area contributed by atoms with Crippen LogP contribution in [0.3, 0.4) is 0 Å². The van der Waals surface area contributed by atoms with E-state index in [0.29, 0.717) is 17.4 Å². The molecule has 2 aromatic rings. The fourth-order valence-electron chi connectivity index (χ4n) is 1.96. The fraction of sp³-hybridized carbons (Fsp3) is 0.400. The van der Waals surface area contributed by atoms with E-state index >= 15 is 0 Å². The Morgan fingerprint density at radius 1 is 1.32 bits per heavy atom. The van der Waals surface area contributed by atoms with Crippen molar-refractivity contribution in [3.05, 3.63) is 23.0 Å². The number of nitrogens with one attached hydrogen (secondary N) is 2. The molecule has 3 rings (SSSR count). The van der Waals surface area contributed by atoms with Gasteiger partial charge >= 0.3 is 12.0 Å². The van der Waals surface area contributed by atoms with Gasteiger partial charge in [0.05, 0.1) is 18.7 Å². The molecule has 1 aliphatic carbocycles. The molecule has 1 saturated carbocycles. The van der Waals surface area contributed by atoms with Gasteiger partial charge in [0, 0.05) is 11.3 Å². The first-order valence-electron chi connectivity index (χ1n) is 7.73. The van der Waals surface area contributed by atoms with E-state index in [0.717, 1.165) is 19.1 Å². The molecule has 0 bridgehead atoms. The Morgan fingerprint density at radius 3 is 2.84 bits per heavy atom. The zero-order valence-electron chi connectivity index (χ0n) is 13.4. The van der Waals surface area contributed by atoms with Crippen LogP contribution in [0.4, 0.5) is 11.1 Å². The third-order valence-corrected chi connectivity index (χ3v) is 4.12. The number of aromatic nitrogens is 2. The fourth-order valence-corrected chi connectivity index (χ4v) is 2.66. The molecular formula is C15H16N4O5S. The minimum atomic E-state index is -0.521. The zero-order valence-corrected chi connectivity index (χ0v) is 14.2. The summed E-state index contributed by atoms with van der Waals surface area (Å²) in [5, 5.41) is 7.08. The van der Waals surface area contributed by atoms with Gasteiger partial charge in [0.1, 0.15) is 6.26 Å². The van der Waals surface area contributed by atoms with Gasteiger partial charge in [-0.1, -0.05) is 0 Å². The van der Waals surface area contributed by atoms with Crippen LogP contribution < -0.4 is 10.6 Å². The lowest BCUT2D eigenvalue weighted by molar-refractivity contribution is -0.142. The molecule has 1 fully saturated rings. The first-order chi connectivity index (χ1) is 12.0. The normalized spacial score (nSPS) is 13.3. The Labute approximate surface area is 146 Å². The number of amides is 2. The third kappa shape index (κ3) is 4.63. The van der Waals surface area contributed by atoms with E-state index in [2.05, 4.69) is 20.6 Å². The Bertz CT molecular complexity index is 795. The number of esters is 1. The first kappa shape index (κ1) is 17.1. The number of thiazole rings is 1. The van der Waals surface area contributed by atoms with Crippen LogP contribution >= 0.6 is 11.3 Å². The number of rotatable bonds is 7. The number of nitrogens with zero attached hydrogens (tertiary/aromatic N) is 2. The van der Waals surface area contributed by atoms with E-state index in [1.165, 1.54) is 11.3 Å². The summed E-state index contributed by atoms with van der Waals surface area (Å²) in [4.78, 5) is 43.2. The minimum absolute atomic E-state index is 0.0100. The van der Waals surface area contributed by atoms with Gasteiger partial charge in [-0.2, -0.15) is 4.98 Å². The predicted octanol–water partition coefficient (Wildman–Crippen LogP) is 1.84. The molecule has 0 spiro atoms. The standard InChI is InChI=1S/C15H16N4O5S/c1-2-23-11(20)5-9-7-25-15(16-9)19-13(22)10-6-24-14(17-10)18-12(21)8-3-4-8/h6-8H,2-5H2,1H3,(H,16,19,22)(H,17,18,21). The van der Waals surface area contributed by atoms with Crippen molar-refractivity contribution >= 4 is 40.3 Å². The molecule has 0 unspecified atom stereocenters. The van der Waals surface area contributed by atoms with Gasteiger partial charge in [-0.3, -0.25) is 25.0 Å². The molecule has 0 saturated heterocycles. The van der Waals surface area contributed by atoms with E-state index < -0.39 is 5.91 Å². The maximum atomic E-state index is 12.1. The summed E-state index contributed by atoms with van der Waals surface area (Å²) in [5.74, 6) is -1.04. The largest absolute Gasteiger partial charge is 0.466 e. The molecule has 132 valence electrons. The highest BCUT2D eigenvalue weighted by molar-refractivity contribution is 7.14. The molecule has 9 nitrogen and oxygen atoms in total. The van der Waals surface area contributed by atoms with E-state index in [-0.39, 0.29) is 35.9 Å². The number of hydrogen-bond donors (Lipinski definition) is 2. The second kappa shape index (κ2) is 7.43. The van der Waals surface area contributed by atoms with E-state index in [1.807, 2.05) is 0 Å². The molecule has 0 atom stereocenters. The maximum absolute atomic E-state index is 12.1. The molecule has 0 aliphatic heterocycles. The van der Waals surface area contributed by atoms with Crippen LogP contribution in [-0.4, -0.2) is 34.4 Å². The molecule has 2 amide bonds. The van der Waals surface area contributed by atoms with Gasteiger partial charge in [-0.25, -0.2) is 4.98 Å². The quantitative estimate of drug-likeness (QED) is 0.718. The Morgan fingerprint density at radius 2 is 2.12 bits per heavy atom. The molecule has 0 radical (unpaired) electrons. The van der Waals surface area contributed by atoms with Crippen LogP contribution in [0, 0.1) is 5.92 Å². The Kier molecular flexibility index (Phi) is 5.08. The first-order valence-corrected chi connectivity index (χ1v) is 8.61. The average molecular weight is 364 g/mol. The number of anilines is 2. The maximum Gasteiger partial charge on any atom is 0.311 e. The summed E-state index contributed by atoms with van der Waals surface area (Å²) in [6, 6.07) is -0.0100. The van der Waals surface area contributed by atoms with Crippen LogP contribution in [0.2, 0.25) is 0 Å². The van der Waals surface area contributed by atoms with Crippen LogP contribution in [0.5, 0.6) is 0 Å². The lowest BCUT2D eigenvalue weighted by Gasteiger charge is -1.99. The number of carbonyl (C=O) groups excluding carboxylic acids is 3. The average Bonchev–Trinajstić information content (AvgIpc) is 3.18. The highest BCUT2D eigenvalue weighted by atomic mass is 32.1. The SMILES string of the molecule is CCOC(=O)Cc1csc(NC(=O)c2coc(NC(=O)C3CC3)n2)n1. The smallest absolute Gasteiger partial charge is 0.311 e. The van der Waals surface area contributed by atoms with Gasteiger partial charge in [0.2, 0.25) is 5.91 Å². The highest BCUT2D eigenvalue weighted by Gasteiger charge is 2.30. The molecule has 1 aliphatic rings. The van der Waals surface area contributed by atoms with Crippen molar-refractivity contribution < 1.29 is 23.5 Å². The van der Waals surface area contributed by atoms with Crippen LogP contribution in [0.15, 0.2) is 16.1 Å². The molecule has 2 N–H and O–H groups in total. The Balaban J connectivity index is 1.55. The van der Waals surface area contributed by atoms with Crippen LogP contribution in [-0.2, 0) is 20.7 Å². The number of carbonyl (C=O) groups is 3. The summed E-state index contributed by atoms with van der Waals surface area (Å²) in [5.41, 5.74) is 0.532. The van der Waals surface area contributed by atoms with Crippen molar-refractivity contribution in [2.24, 2.45) is 5.92 Å². The summed E-state index contributed by atoms with van der Waals surface area (Å²) in [7, 11) is 0. The molecule has 2 heterocycles. The highest BCUT2D eigenvalue weighted by Crippen LogP contribution is 2.30. The number of oxazole rings is 1. The minimum Gasteiger partial charge on any atom is -0.466 e. The van der Waals surface area contributed by atoms with Crippen LogP contribution in [0.25, 0.3) is 0 Å². The molecule has 2 aromatic heterocycles. The summed E-state index contributed by atoms with van der Waals surface area (Å²) in [6.07, 6.45) is 2.92. The molecule has 0 aromatic carbocycles. The number of hydrogen-bond acceptors (Lipinski definition) is 8. The predicted molar refractivity (Wildman–Crippen MR) is 88.3 cm³/mol. The van der Waals surface area contributed by atoms with Crippen molar-refractivity contribution in [2.45, 2.75) is 26.2 Å². The number of ether oxygens (including phenoxy) is 1. The summed E-state index contributed by atoms with van der Waals surface area (Å²) >= 11 is 1.18. The molecular weight excluding hydrogens is 348 g/mol. The van der Waals surface area contributed by atoms with Crippen molar-refractivity contribution in [1.29, 1.82) is 0 Å². The zero-order chi connectivity index (χ0) is 17.8. The van der Waals surface area contributed by atoms with Gasteiger partial charge in [-0.05, 0) is 19.8 Å². The van der Waals surface area contributed by atoms with E-state index in [1.54, 1.807) is 12.3 Å². The Hall–Kier alpha value is -2.75. The third-order valence-electron chi connectivity index (χ3n) is 3.32. The topological polar surface area (TPSA) is 123 Å². The second-order valence-electron chi connectivity index (χ2n) is 5.38. The van der Waals surface area contributed by atoms with Crippen molar-refractivity contribution in [2.75, 3.05) is 17.2 Å².